The molecular formula is C13H24N2O3. The van der Waals surface area contributed by atoms with Crippen LogP contribution in [0.3, 0.4) is 0 Å². The van der Waals surface area contributed by atoms with Gasteiger partial charge in [-0.3, -0.25) is 0 Å². The number of aliphatic carboxylic acids is 1. The van der Waals surface area contributed by atoms with E-state index in [0.29, 0.717) is 5.92 Å². The summed E-state index contributed by atoms with van der Waals surface area (Å²) in [5.41, 5.74) is 0. The lowest BCUT2D eigenvalue weighted by atomic mass is 9.99. The van der Waals surface area contributed by atoms with Crippen LogP contribution in [0.25, 0.3) is 0 Å². The smallest absolute Gasteiger partial charge is 0.326 e. The third kappa shape index (κ3) is 4.20. The van der Waals surface area contributed by atoms with Crippen LogP contribution in [0.15, 0.2) is 0 Å². The average Bonchev–Trinajstić information content (AvgIpc) is 3.03. The molecule has 18 heavy (non-hydrogen) atoms. The van der Waals surface area contributed by atoms with Crippen molar-refractivity contribution in [1.82, 2.24) is 10.6 Å². The first kappa shape index (κ1) is 14.8. The molecule has 0 radical (unpaired) electrons. The van der Waals surface area contributed by atoms with Gasteiger partial charge in [0, 0.05) is 6.04 Å². The maximum Gasteiger partial charge on any atom is 0.326 e. The fourth-order valence-corrected chi connectivity index (χ4v) is 2.15. The van der Waals surface area contributed by atoms with Crippen molar-refractivity contribution in [2.45, 2.75) is 58.5 Å². The molecule has 0 aromatic carbocycles. The Morgan fingerprint density at radius 2 is 2.06 bits per heavy atom. The van der Waals surface area contributed by atoms with Crippen molar-refractivity contribution in [2.75, 3.05) is 0 Å². The van der Waals surface area contributed by atoms with Gasteiger partial charge >= 0.3 is 12.0 Å². The van der Waals surface area contributed by atoms with Crippen LogP contribution >= 0.6 is 0 Å². The molecule has 1 rings (SSSR count). The van der Waals surface area contributed by atoms with Crippen molar-refractivity contribution < 1.29 is 14.7 Å². The molecule has 5 nitrogen and oxygen atoms in total. The molecule has 4 atom stereocenters. The van der Waals surface area contributed by atoms with Crippen LogP contribution in [0.2, 0.25) is 0 Å². The Hall–Kier alpha value is -1.26. The highest BCUT2D eigenvalue weighted by Crippen LogP contribution is 2.34. The zero-order valence-electron chi connectivity index (χ0n) is 11.4. The normalized spacial score (nSPS) is 25.1. The topological polar surface area (TPSA) is 78.4 Å². The van der Waals surface area contributed by atoms with Crippen LogP contribution in [0, 0.1) is 11.8 Å². The van der Waals surface area contributed by atoms with E-state index in [2.05, 4.69) is 17.6 Å². The van der Waals surface area contributed by atoms with Gasteiger partial charge in [-0.05, 0) is 24.7 Å². The molecule has 0 bridgehead atoms. The van der Waals surface area contributed by atoms with E-state index in [1.807, 2.05) is 13.8 Å². The fourth-order valence-electron chi connectivity index (χ4n) is 2.15. The molecule has 0 spiro atoms. The Morgan fingerprint density at radius 1 is 1.39 bits per heavy atom. The predicted octanol–water partition coefficient (Wildman–Crippen LogP) is 1.97. The molecule has 104 valence electrons. The summed E-state index contributed by atoms with van der Waals surface area (Å²) in [6.07, 6.45) is 3.98. The van der Waals surface area contributed by atoms with Gasteiger partial charge in [-0.15, -0.1) is 0 Å². The van der Waals surface area contributed by atoms with Crippen LogP contribution < -0.4 is 10.6 Å². The van der Waals surface area contributed by atoms with Crippen LogP contribution in [-0.2, 0) is 4.79 Å². The zero-order valence-corrected chi connectivity index (χ0v) is 11.4. The highest BCUT2D eigenvalue weighted by Gasteiger charge is 2.37. The van der Waals surface area contributed by atoms with Crippen LogP contribution in [0.4, 0.5) is 4.79 Å². The second-order valence-electron chi connectivity index (χ2n) is 5.21. The molecule has 0 aromatic rings. The number of hydrogen-bond acceptors (Lipinski definition) is 2. The Kier molecular flexibility index (Phi) is 5.44. The first-order valence-corrected chi connectivity index (χ1v) is 6.79. The van der Waals surface area contributed by atoms with E-state index < -0.39 is 12.0 Å². The second-order valence-corrected chi connectivity index (χ2v) is 5.21. The number of carbonyl (C=O) groups is 2. The van der Waals surface area contributed by atoms with E-state index in [0.717, 1.165) is 25.7 Å². The summed E-state index contributed by atoms with van der Waals surface area (Å²) in [5.74, 6) is -0.466. The minimum absolute atomic E-state index is 0.0705. The quantitative estimate of drug-likeness (QED) is 0.651. The first-order chi connectivity index (χ1) is 8.49. The molecule has 0 aromatic heterocycles. The summed E-state index contributed by atoms with van der Waals surface area (Å²) in [5, 5.41) is 14.5. The summed E-state index contributed by atoms with van der Waals surface area (Å²) in [4.78, 5) is 22.8. The molecule has 0 aliphatic heterocycles. The Morgan fingerprint density at radius 3 is 2.56 bits per heavy atom. The highest BCUT2D eigenvalue weighted by molar-refractivity contribution is 5.83. The molecule has 5 heteroatoms. The minimum Gasteiger partial charge on any atom is -0.480 e. The maximum absolute atomic E-state index is 11.7. The van der Waals surface area contributed by atoms with Crippen LogP contribution in [0.1, 0.15) is 46.5 Å². The van der Waals surface area contributed by atoms with Crippen molar-refractivity contribution in [3.05, 3.63) is 0 Å². The van der Waals surface area contributed by atoms with Gasteiger partial charge in [0.2, 0.25) is 0 Å². The number of hydrogen-bond donors (Lipinski definition) is 3. The van der Waals surface area contributed by atoms with Gasteiger partial charge in [0.15, 0.2) is 0 Å². The lowest BCUT2D eigenvalue weighted by Gasteiger charge is -2.20. The molecule has 1 aliphatic carbocycles. The summed E-state index contributed by atoms with van der Waals surface area (Å²) >= 11 is 0. The SMILES string of the molecule is CCCC1CC1NC(=O)NC(C(=O)O)C(C)CC. The number of urea groups is 1. The Balaban J connectivity index is 2.36. The van der Waals surface area contributed by atoms with E-state index in [9.17, 15) is 9.59 Å². The molecule has 1 aliphatic rings. The first-order valence-electron chi connectivity index (χ1n) is 6.79. The number of carbonyl (C=O) groups excluding carboxylic acids is 1. The number of nitrogens with one attached hydrogen (secondary N) is 2. The third-order valence-corrected chi connectivity index (χ3v) is 3.66. The van der Waals surface area contributed by atoms with Crippen LogP contribution in [-0.4, -0.2) is 29.2 Å². The molecule has 3 N–H and O–H groups in total. The third-order valence-electron chi connectivity index (χ3n) is 3.66. The van der Waals surface area contributed by atoms with Crippen molar-refractivity contribution >= 4 is 12.0 Å². The monoisotopic (exact) mass is 256 g/mol. The number of carboxylic acids is 1. The van der Waals surface area contributed by atoms with Gasteiger partial charge < -0.3 is 15.7 Å². The molecule has 4 unspecified atom stereocenters. The molecule has 2 amide bonds. The Labute approximate surface area is 108 Å². The van der Waals surface area contributed by atoms with Crippen molar-refractivity contribution in [3.8, 4) is 0 Å². The van der Waals surface area contributed by atoms with Gasteiger partial charge in [0.25, 0.3) is 0 Å². The summed E-state index contributed by atoms with van der Waals surface area (Å²) < 4.78 is 0. The van der Waals surface area contributed by atoms with Gasteiger partial charge in [0.1, 0.15) is 6.04 Å². The molecule has 1 saturated carbocycles. The highest BCUT2D eigenvalue weighted by atomic mass is 16.4. The van der Waals surface area contributed by atoms with E-state index in [1.165, 1.54) is 0 Å². The van der Waals surface area contributed by atoms with Gasteiger partial charge in [-0.1, -0.05) is 33.6 Å². The largest absolute Gasteiger partial charge is 0.480 e. The standard InChI is InChI=1S/C13H24N2O3/c1-4-6-9-7-10(9)14-13(18)15-11(12(16)17)8(3)5-2/h8-11H,4-7H2,1-3H3,(H,16,17)(H2,14,15,18). The number of carboxylic acid groups (broad SMARTS) is 1. The number of amides is 2. The van der Waals surface area contributed by atoms with Crippen molar-refractivity contribution in [1.29, 1.82) is 0 Å². The lowest BCUT2D eigenvalue weighted by Crippen LogP contribution is -2.49. The zero-order chi connectivity index (χ0) is 13.7. The van der Waals surface area contributed by atoms with Crippen molar-refractivity contribution in [2.24, 2.45) is 11.8 Å². The summed E-state index contributed by atoms with van der Waals surface area (Å²) in [6.45, 7) is 5.87. The lowest BCUT2D eigenvalue weighted by molar-refractivity contribution is -0.140. The molecule has 0 heterocycles. The van der Waals surface area contributed by atoms with E-state index in [-0.39, 0.29) is 18.0 Å². The predicted molar refractivity (Wildman–Crippen MR) is 69.3 cm³/mol. The summed E-state index contributed by atoms with van der Waals surface area (Å²) in [7, 11) is 0. The van der Waals surface area contributed by atoms with Crippen molar-refractivity contribution in [3.63, 3.8) is 0 Å². The van der Waals surface area contributed by atoms with E-state index in [4.69, 9.17) is 5.11 Å². The minimum atomic E-state index is -0.972. The number of rotatable bonds is 7. The van der Waals surface area contributed by atoms with E-state index >= 15 is 0 Å². The van der Waals surface area contributed by atoms with Crippen LogP contribution in [0.5, 0.6) is 0 Å². The maximum atomic E-state index is 11.7. The molecular weight excluding hydrogens is 232 g/mol. The summed E-state index contributed by atoms with van der Waals surface area (Å²) in [6, 6.07) is -0.930. The molecule has 0 saturated heterocycles. The fraction of sp³-hybridized carbons (Fsp3) is 0.846. The van der Waals surface area contributed by atoms with Gasteiger partial charge in [-0.2, -0.15) is 0 Å². The Bertz CT molecular complexity index is 307. The average molecular weight is 256 g/mol. The molecule has 1 fully saturated rings. The van der Waals surface area contributed by atoms with Gasteiger partial charge in [-0.25, -0.2) is 9.59 Å². The van der Waals surface area contributed by atoms with Gasteiger partial charge in [0.05, 0.1) is 0 Å². The second kappa shape index (κ2) is 6.61. The van der Waals surface area contributed by atoms with E-state index in [1.54, 1.807) is 0 Å².